The molecule has 190 valence electrons. The smallest absolute Gasteiger partial charge is 0.262 e. The van der Waals surface area contributed by atoms with Gasteiger partial charge in [-0.05, 0) is 48.4 Å². The van der Waals surface area contributed by atoms with Crippen molar-refractivity contribution in [3.8, 4) is 17.2 Å². The minimum Gasteiger partial charge on any atom is -0.497 e. The highest BCUT2D eigenvalue weighted by Crippen LogP contribution is 2.47. The van der Waals surface area contributed by atoms with Crippen LogP contribution in [-0.2, 0) is 4.79 Å². The van der Waals surface area contributed by atoms with E-state index in [-0.39, 0.29) is 5.91 Å². The number of rotatable bonds is 9. The van der Waals surface area contributed by atoms with Gasteiger partial charge in [-0.1, -0.05) is 37.6 Å². The highest BCUT2D eigenvalue weighted by Gasteiger charge is 2.57. The molecule has 3 aromatic carbocycles. The molecule has 2 heterocycles. The van der Waals surface area contributed by atoms with Gasteiger partial charge in [-0.25, -0.2) is 0 Å². The lowest BCUT2D eigenvalue weighted by Crippen LogP contribution is -2.67. The average Bonchev–Trinajstić information content (AvgIpc) is 3.17. The molecule has 8 nitrogen and oxygen atoms in total. The number of methoxy groups -OCH3 is 2. The Balaban J connectivity index is 1.54. The molecular weight excluding hydrogens is 472 g/mol. The molecule has 8 heteroatoms. The number of amides is 3. The van der Waals surface area contributed by atoms with E-state index in [1.54, 1.807) is 54.5 Å². The second-order valence-electron chi connectivity index (χ2n) is 8.93. The van der Waals surface area contributed by atoms with Crippen molar-refractivity contribution >= 4 is 23.4 Å². The third-order valence-corrected chi connectivity index (χ3v) is 6.81. The van der Waals surface area contributed by atoms with Crippen molar-refractivity contribution in [2.45, 2.75) is 31.8 Å². The van der Waals surface area contributed by atoms with Crippen molar-refractivity contribution in [2.75, 3.05) is 25.7 Å². The van der Waals surface area contributed by atoms with Crippen LogP contribution in [0.4, 0.5) is 5.69 Å². The molecule has 0 saturated carbocycles. The first-order valence-electron chi connectivity index (χ1n) is 12.2. The molecule has 37 heavy (non-hydrogen) atoms. The summed E-state index contributed by atoms with van der Waals surface area (Å²) in [5.41, 5.74) is 1.90. The van der Waals surface area contributed by atoms with Crippen molar-refractivity contribution in [1.29, 1.82) is 0 Å². The van der Waals surface area contributed by atoms with Gasteiger partial charge in [0, 0.05) is 6.07 Å². The van der Waals surface area contributed by atoms with Crippen LogP contribution in [0.2, 0.25) is 0 Å². The van der Waals surface area contributed by atoms with Crippen LogP contribution in [-0.4, -0.2) is 49.5 Å². The van der Waals surface area contributed by atoms with Gasteiger partial charge in [0.15, 0.2) is 0 Å². The van der Waals surface area contributed by atoms with E-state index in [0.717, 1.165) is 23.3 Å². The van der Waals surface area contributed by atoms with E-state index in [9.17, 15) is 14.4 Å². The minimum absolute atomic E-state index is 0.305. The fourth-order valence-electron chi connectivity index (χ4n) is 4.87. The van der Waals surface area contributed by atoms with Crippen LogP contribution in [0.15, 0.2) is 66.7 Å². The van der Waals surface area contributed by atoms with Gasteiger partial charge in [0.1, 0.15) is 23.3 Å². The number of fused-ring (bicyclic) bond motifs is 1. The first-order valence-corrected chi connectivity index (χ1v) is 12.2. The molecule has 0 spiro atoms. The maximum atomic E-state index is 13.7. The molecule has 1 saturated heterocycles. The Morgan fingerprint density at radius 1 is 0.757 bits per heavy atom. The first kappa shape index (κ1) is 24.4. The van der Waals surface area contributed by atoms with Crippen molar-refractivity contribution < 1.29 is 28.6 Å². The van der Waals surface area contributed by atoms with Crippen molar-refractivity contribution in [3.05, 3.63) is 83.4 Å². The van der Waals surface area contributed by atoms with E-state index in [1.807, 2.05) is 24.3 Å². The van der Waals surface area contributed by atoms with E-state index >= 15 is 0 Å². The number of benzene rings is 3. The molecule has 0 bridgehead atoms. The number of ether oxygens (including phenoxy) is 3. The van der Waals surface area contributed by atoms with E-state index in [1.165, 1.54) is 7.11 Å². The van der Waals surface area contributed by atoms with Crippen LogP contribution >= 0.6 is 0 Å². The van der Waals surface area contributed by atoms with Gasteiger partial charge in [-0.2, -0.15) is 0 Å². The molecule has 0 aliphatic carbocycles. The molecule has 1 fully saturated rings. The maximum absolute atomic E-state index is 13.7. The number of carbonyl (C=O) groups is 3. The number of hydrogen-bond donors (Lipinski definition) is 0. The maximum Gasteiger partial charge on any atom is 0.262 e. The highest BCUT2D eigenvalue weighted by molar-refractivity contribution is 6.24. The summed E-state index contributed by atoms with van der Waals surface area (Å²) < 4.78 is 16.7. The molecule has 2 atom stereocenters. The molecular formula is C29H28N2O6. The number of β-lactam (4-membered cyclic amide) rings is 1. The summed E-state index contributed by atoms with van der Waals surface area (Å²) in [4.78, 5) is 42.9. The van der Waals surface area contributed by atoms with Gasteiger partial charge in [0.05, 0.1) is 43.7 Å². The Kier molecular flexibility index (Phi) is 6.56. The van der Waals surface area contributed by atoms with Crippen molar-refractivity contribution in [1.82, 2.24) is 4.90 Å². The summed E-state index contributed by atoms with van der Waals surface area (Å²) in [7, 11) is 3.07. The highest BCUT2D eigenvalue weighted by atomic mass is 16.5. The summed E-state index contributed by atoms with van der Waals surface area (Å²) in [5.74, 6) is 0.434. The lowest BCUT2D eigenvalue weighted by molar-refractivity contribution is -0.130. The van der Waals surface area contributed by atoms with Crippen LogP contribution in [0.1, 0.15) is 52.1 Å². The fraction of sp³-hybridized carbons (Fsp3) is 0.276. The second kappa shape index (κ2) is 9.97. The van der Waals surface area contributed by atoms with Gasteiger partial charge in [-0.3, -0.25) is 24.2 Å². The van der Waals surface area contributed by atoms with Crippen LogP contribution in [0.25, 0.3) is 0 Å². The minimum atomic E-state index is -0.994. The summed E-state index contributed by atoms with van der Waals surface area (Å²) in [6, 6.07) is 17.6. The lowest BCUT2D eigenvalue weighted by Gasteiger charge is -2.50. The Morgan fingerprint density at radius 3 is 2.00 bits per heavy atom. The third-order valence-electron chi connectivity index (χ3n) is 6.81. The molecule has 0 radical (unpaired) electrons. The van der Waals surface area contributed by atoms with Gasteiger partial charge in [0.2, 0.25) is 0 Å². The largest absolute Gasteiger partial charge is 0.497 e. The van der Waals surface area contributed by atoms with Crippen LogP contribution < -0.4 is 19.1 Å². The molecule has 0 N–H and O–H groups in total. The lowest BCUT2D eigenvalue weighted by atomic mass is 9.86. The molecule has 0 aromatic heterocycles. The molecule has 2 aliphatic heterocycles. The van der Waals surface area contributed by atoms with Gasteiger partial charge >= 0.3 is 0 Å². The zero-order chi connectivity index (χ0) is 26.1. The van der Waals surface area contributed by atoms with Crippen LogP contribution in [0.3, 0.4) is 0 Å². The number of unbranched alkanes of at least 4 members (excludes halogenated alkanes) is 1. The Morgan fingerprint density at radius 2 is 1.41 bits per heavy atom. The summed E-state index contributed by atoms with van der Waals surface area (Å²) >= 11 is 0. The third kappa shape index (κ3) is 4.08. The van der Waals surface area contributed by atoms with Gasteiger partial charge in [0.25, 0.3) is 17.7 Å². The Bertz CT molecular complexity index is 1320. The Labute approximate surface area is 215 Å². The SMILES string of the molecule is CCCCOc1ccc([C@H]2[C@@H](N3C(=O)c4ccccc4C3=O)C(=O)N2c2ccc(OC)cc2OC)cc1. The van der Waals surface area contributed by atoms with E-state index in [2.05, 4.69) is 6.92 Å². The van der Waals surface area contributed by atoms with Crippen LogP contribution in [0.5, 0.6) is 17.2 Å². The van der Waals surface area contributed by atoms with E-state index in [4.69, 9.17) is 14.2 Å². The van der Waals surface area contributed by atoms with Gasteiger partial charge in [-0.15, -0.1) is 0 Å². The normalized spacial score (nSPS) is 18.5. The number of carbonyl (C=O) groups excluding carboxylic acids is 3. The average molecular weight is 501 g/mol. The number of hydrogen-bond acceptors (Lipinski definition) is 6. The molecule has 2 aliphatic rings. The topological polar surface area (TPSA) is 85.4 Å². The summed E-state index contributed by atoms with van der Waals surface area (Å²) in [6.45, 7) is 2.71. The summed E-state index contributed by atoms with van der Waals surface area (Å²) in [5, 5.41) is 0. The molecule has 5 rings (SSSR count). The Hall–Kier alpha value is -4.33. The molecule has 3 aromatic rings. The van der Waals surface area contributed by atoms with E-state index in [0.29, 0.717) is 40.7 Å². The molecule has 0 unspecified atom stereocenters. The summed E-state index contributed by atoms with van der Waals surface area (Å²) in [6.07, 6.45) is 1.98. The predicted octanol–water partition coefficient (Wildman–Crippen LogP) is 4.64. The van der Waals surface area contributed by atoms with Crippen LogP contribution in [0, 0.1) is 0 Å². The first-order chi connectivity index (χ1) is 18.0. The van der Waals surface area contributed by atoms with Crippen molar-refractivity contribution in [2.24, 2.45) is 0 Å². The monoisotopic (exact) mass is 500 g/mol. The second-order valence-corrected chi connectivity index (χ2v) is 8.93. The van der Waals surface area contributed by atoms with Gasteiger partial charge < -0.3 is 14.2 Å². The fourth-order valence-corrected chi connectivity index (χ4v) is 4.87. The van der Waals surface area contributed by atoms with Crippen molar-refractivity contribution in [3.63, 3.8) is 0 Å². The standard InChI is InChI=1S/C29H28N2O6/c1-4-5-16-37-19-12-10-18(11-13-19)25-26(31-27(32)21-8-6-7-9-22(21)28(31)33)29(34)30(25)23-15-14-20(35-2)17-24(23)36-3/h6-15,17,25-26H,4-5,16H2,1-3H3/t25-,26+/m0/s1. The number of anilines is 1. The zero-order valence-electron chi connectivity index (χ0n) is 21.0. The van der Waals surface area contributed by atoms with E-state index < -0.39 is 23.9 Å². The number of imide groups is 1. The quantitative estimate of drug-likeness (QED) is 0.242. The predicted molar refractivity (Wildman–Crippen MR) is 137 cm³/mol. The zero-order valence-corrected chi connectivity index (χ0v) is 21.0. The number of nitrogens with zero attached hydrogens (tertiary/aromatic N) is 2. The molecule has 3 amide bonds.